The van der Waals surface area contributed by atoms with Gasteiger partial charge < -0.3 is 10.1 Å². The lowest BCUT2D eigenvalue weighted by molar-refractivity contribution is 0.233. The summed E-state index contributed by atoms with van der Waals surface area (Å²) in [5.74, 6) is 1.52. The van der Waals surface area contributed by atoms with Crippen LogP contribution >= 0.6 is 11.6 Å². The summed E-state index contributed by atoms with van der Waals surface area (Å²) in [7, 11) is 1.94. The van der Waals surface area contributed by atoms with Crippen LogP contribution in [0.2, 0.25) is 5.02 Å². The van der Waals surface area contributed by atoms with Crippen LogP contribution in [-0.2, 0) is 0 Å². The molecule has 0 radical (unpaired) electrons. The van der Waals surface area contributed by atoms with Crippen molar-refractivity contribution in [2.45, 2.75) is 52.5 Å². The first kappa shape index (κ1) is 17.3. The maximum absolute atomic E-state index is 6.32. The van der Waals surface area contributed by atoms with E-state index < -0.39 is 0 Å². The van der Waals surface area contributed by atoms with Crippen LogP contribution in [-0.4, -0.2) is 13.7 Å². The highest BCUT2D eigenvalue weighted by Crippen LogP contribution is 2.27. The molecule has 0 aliphatic heterocycles. The minimum absolute atomic E-state index is 0.254. The molecular weight excluding hydrogens is 270 g/mol. The van der Waals surface area contributed by atoms with Gasteiger partial charge in [0, 0.05) is 11.1 Å². The third-order valence-electron chi connectivity index (χ3n) is 3.90. The van der Waals surface area contributed by atoms with Crippen LogP contribution in [0.5, 0.6) is 5.75 Å². The van der Waals surface area contributed by atoms with Crippen molar-refractivity contribution in [1.82, 2.24) is 5.32 Å². The second-order valence-corrected chi connectivity index (χ2v) is 5.83. The monoisotopic (exact) mass is 297 g/mol. The van der Waals surface area contributed by atoms with E-state index in [4.69, 9.17) is 16.3 Å². The number of nitrogens with one attached hydrogen (secondary N) is 1. The van der Waals surface area contributed by atoms with Gasteiger partial charge in [0.25, 0.3) is 0 Å². The number of hydrogen-bond donors (Lipinski definition) is 1. The van der Waals surface area contributed by atoms with Gasteiger partial charge in [0.2, 0.25) is 0 Å². The van der Waals surface area contributed by atoms with Crippen LogP contribution in [0.4, 0.5) is 0 Å². The van der Waals surface area contributed by atoms with E-state index in [0.717, 1.165) is 22.9 Å². The van der Waals surface area contributed by atoms with Gasteiger partial charge in [0.15, 0.2) is 0 Å². The van der Waals surface area contributed by atoms with Crippen molar-refractivity contribution in [3.63, 3.8) is 0 Å². The highest BCUT2D eigenvalue weighted by Gasteiger charge is 2.10. The molecule has 2 unspecified atom stereocenters. The quantitative estimate of drug-likeness (QED) is 0.675. The maximum atomic E-state index is 6.32. The van der Waals surface area contributed by atoms with E-state index >= 15 is 0 Å². The van der Waals surface area contributed by atoms with Crippen LogP contribution in [0.1, 0.15) is 58.1 Å². The van der Waals surface area contributed by atoms with Gasteiger partial charge in [-0.05, 0) is 44.0 Å². The Balaban J connectivity index is 2.58. The predicted octanol–water partition coefficient (Wildman–Crippen LogP) is 5.22. The summed E-state index contributed by atoms with van der Waals surface area (Å²) in [6.45, 7) is 7.34. The fourth-order valence-electron chi connectivity index (χ4n) is 2.22. The number of rotatable bonds is 9. The lowest BCUT2D eigenvalue weighted by atomic mass is 10.0. The molecule has 1 N–H and O–H groups in total. The third-order valence-corrected chi connectivity index (χ3v) is 4.23. The van der Waals surface area contributed by atoms with Crippen LogP contribution in [0.25, 0.3) is 0 Å². The summed E-state index contributed by atoms with van der Waals surface area (Å²) in [5.41, 5.74) is 1.11. The standard InChI is InChI=1S/C17H28ClNO/c1-5-7-8-14(6-2)12-20-15-9-10-16(13(3)19-4)17(18)11-15/h9-11,13-14,19H,5-8,12H2,1-4H3. The molecule has 1 aromatic carbocycles. The highest BCUT2D eigenvalue weighted by atomic mass is 35.5. The molecule has 0 spiro atoms. The molecule has 0 bridgehead atoms. The van der Waals surface area contributed by atoms with Crippen molar-refractivity contribution >= 4 is 11.6 Å². The molecule has 0 saturated heterocycles. The lowest BCUT2D eigenvalue weighted by Crippen LogP contribution is -2.13. The zero-order valence-corrected chi connectivity index (χ0v) is 14.0. The van der Waals surface area contributed by atoms with Gasteiger partial charge in [-0.3, -0.25) is 0 Å². The molecule has 1 aromatic rings. The molecule has 2 atom stereocenters. The molecule has 0 aromatic heterocycles. The minimum Gasteiger partial charge on any atom is -0.493 e. The van der Waals surface area contributed by atoms with Crippen LogP contribution in [0.15, 0.2) is 18.2 Å². The Morgan fingerprint density at radius 3 is 2.60 bits per heavy atom. The number of hydrogen-bond acceptors (Lipinski definition) is 2. The Bertz CT molecular complexity index is 395. The topological polar surface area (TPSA) is 21.3 Å². The predicted molar refractivity (Wildman–Crippen MR) is 87.7 cm³/mol. The van der Waals surface area contributed by atoms with Crippen molar-refractivity contribution in [3.05, 3.63) is 28.8 Å². The number of halogens is 1. The van der Waals surface area contributed by atoms with E-state index in [0.29, 0.717) is 5.92 Å². The largest absolute Gasteiger partial charge is 0.493 e. The Hall–Kier alpha value is -0.730. The summed E-state index contributed by atoms with van der Waals surface area (Å²) < 4.78 is 5.90. The van der Waals surface area contributed by atoms with E-state index in [2.05, 4.69) is 26.1 Å². The maximum Gasteiger partial charge on any atom is 0.120 e. The first-order valence-corrected chi connectivity index (χ1v) is 8.09. The zero-order valence-electron chi connectivity index (χ0n) is 13.2. The van der Waals surface area contributed by atoms with Crippen LogP contribution in [0, 0.1) is 5.92 Å². The van der Waals surface area contributed by atoms with E-state index in [1.165, 1.54) is 25.7 Å². The van der Waals surface area contributed by atoms with Gasteiger partial charge in [-0.25, -0.2) is 0 Å². The first-order chi connectivity index (χ1) is 9.62. The molecular formula is C17H28ClNO. The van der Waals surface area contributed by atoms with E-state index in [1.54, 1.807) is 0 Å². The molecule has 0 fully saturated rings. The summed E-state index contributed by atoms with van der Waals surface area (Å²) in [6.07, 6.45) is 4.94. The van der Waals surface area contributed by atoms with Gasteiger partial charge in [-0.1, -0.05) is 50.8 Å². The van der Waals surface area contributed by atoms with Gasteiger partial charge in [0.1, 0.15) is 5.75 Å². The molecule has 0 saturated carbocycles. The average Bonchev–Trinajstić information content (AvgIpc) is 2.47. The van der Waals surface area contributed by atoms with Gasteiger partial charge in [0.05, 0.1) is 6.61 Å². The average molecular weight is 298 g/mol. The van der Waals surface area contributed by atoms with E-state index in [9.17, 15) is 0 Å². The second kappa shape index (κ2) is 9.25. The number of benzene rings is 1. The van der Waals surface area contributed by atoms with E-state index in [-0.39, 0.29) is 6.04 Å². The van der Waals surface area contributed by atoms with Crippen molar-refractivity contribution < 1.29 is 4.74 Å². The normalized spacial score (nSPS) is 14.1. The molecule has 20 heavy (non-hydrogen) atoms. The molecule has 1 rings (SSSR count). The van der Waals surface area contributed by atoms with Crippen molar-refractivity contribution in [1.29, 1.82) is 0 Å². The molecule has 3 heteroatoms. The molecule has 0 aliphatic rings. The lowest BCUT2D eigenvalue weighted by Gasteiger charge is -2.17. The van der Waals surface area contributed by atoms with Crippen molar-refractivity contribution in [2.24, 2.45) is 5.92 Å². The number of unbranched alkanes of at least 4 members (excludes halogenated alkanes) is 1. The minimum atomic E-state index is 0.254. The van der Waals surface area contributed by atoms with Crippen LogP contribution < -0.4 is 10.1 Å². The van der Waals surface area contributed by atoms with Crippen molar-refractivity contribution in [3.8, 4) is 5.75 Å². The second-order valence-electron chi connectivity index (χ2n) is 5.42. The fraction of sp³-hybridized carbons (Fsp3) is 0.647. The first-order valence-electron chi connectivity index (χ1n) is 7.71. The van der Waals surface area contributed by atoms with Crippen LogP contribution in [0.3, 0.4) is 0 Å². The Labute approximate surface area is 128 Å². The molecule has 0 aliphatic carbocycles. The Morgan fingerprint density at radius 1 is 1.30 bits per heavy atom. The van der Waals surface area contributed by atoms with Crippen molar-refractivity contribution in [2.75, 3.05) is 13.7 Å². The summed E-state index contributed by atoms with van der Waals surface area (Å²) in [4.78, 5) is 0. The Kier molecular flexibility index (Phi) is 8.01. The molecule has 0 amide bonds. The van der Waals surface area contributed by atoms with E-state index in [1.807, 2.05) is 25.2 Å². The zero-order chi connectivity index (χ0) is 15.0. The highest BCUT2D eigenvalue weighted by molar-refractivity contribution is 6.31. The van der Waals surface area contributed by atoms with Gasteiger partial charge >= 0.3 is 0 Å². The SMILES string of the molecule is CCCCC(CC)COc1ccc(C(C)NC)c(Cl)c1. The number of ether oxygens (including phenoxy) is 1. The summed E-state index contributed by atoms with van der Waals surface area (Å²) >= 11 is 6.32. The Morgan fingerprint density at radius 2 is 2.05 bits per heavy atom. The van der Waals surface area contributed by atoms with Gasteiger partial charge in [-0.2, -0.15) is 0 Å². The molecule has 114 valence electrons. The van der Waals surface area contributed by atoms with Gasteiger partial charge in [-0.15, -0.1) is 0 Å². The molecule has 2 nitrogen and oxygen atoms in total. The summed E-state index contributed by atoms with van der Waals surface area (Å²) in [6, 6.07) is 6.24. The summed E-state index contributed by atoms with van der Waals surface area (Å²) in [5, 5.41) is 3.97. The molecule has 0 heterocycles. The smallest absolute Gasteiger partial charge is 0.120 e. The third kappa shape index (κ3) is 5.34. The fourth-order valence-corrected chi connectivity index (χ4v) is 2.55.